The molecule has 0 radical (unpaired) electrons. The lowest BCUT2D eigenvalue weighted by Gasteiger charge is -2.41. The first-order valence-electron chi connectivity index (χ1n) is 5.53. The highest BCUT2D eigenvalue weighted by Crippen LogP contribution is 2.22. The zero-order valence-electron chi connectivity index (χ0n) is 10.2. The van der Waals surface area contributed by atoms with Crippen LogP contribution in [0.1, 0.15) is 39.5 Å². The fraction of sp³-hybridized carbons (Fsp3) is 0.833. The van der Waals surface area contributed by atoms with Crippen LogP contribution in [0.2, 0.25) is 0 Å². The summed E-state index contributed by atoms with van der Waals surface area (Å²) in [6.07, 6.45) is 6.35. The van der Waals surface area contributed by atoms with Gasteiger partial charge in [0.15, 0.2) is 0 Å². The van der Waals surface area contributed by atoms with Crippen molar-refractivity contribution in [2.75, 3.05) is 14.1 Å². The SMILES string of the molecule is C=CCCCC(N)C(C)(CC)N(C)C. The molecule has 2 atom stereocenters. The number of rotatable bonds is 7. The van der Waals surface area contributed by atoms with Crippen LogP contribution < -0.4 is 5.73 Å². The number of unbranched alkanes of at least 4 members (excludes halogenated alkanes) is 1. The molecule has 2 unspecified atom stereocenters. The summed E-state index contributed by atoms with van der Waals surface area (Å²) in [7, 11) is 4.22. The number of allylic oxidation sites excluding steroid dienone is 1. The van der Waals surface area contributed by atoms with Crippen molar-refractivity contribution in [2.45, 2.75) is 51.1 Å². The van der Waals surface area contributed by atoms with Crippen molar-refractivity contribution >= 4 is 0 Å². The van der Waals surface area contributed by atoms with Gasteiger partial charge in [-0.15, -0.1) is 6.58 Å². The lowest BCUT2D eigenvalue weighted by Crippen LogP contribution is -2.54. The van der Waals surface area contributed by atoms with Crippen molar-refractivity contribution in [3.05, 3.63) is 12.7 Å². The van der Waals surface area contributed by atoms with Crippen LogP contribution in [0.25, 0.3) is 0 Å². The number of likely N-dealkylation sites (N-methyl/N-ethyl adjacent to an activating group) is 1. The molecule has 2 N–H and O–H groups in total. The van der Waals surface area contributed by atoms with E-state index in [4.69, 9.17) is 5.73 Å². The quantitative estimate of drug-likeness (QED) is 0.503. The minimum Gasteiger partial charge on any atom is -0.326 e. The zero-order valence-corrected chi connectivity index (χ0v) is 10.2. The predicted molar refractivity (Wildman–Crippen MR) is 64.4 cm³/mol. The second kappa shape index (κ2) is 6.20. The smallest absolute Gasteiger partial charge is 0.0323 e. The van der Waals surface area contributed by atoms with Gasteiger partial charge in [0.25, 0.3) is 0 Å². The molecule has 2 nitrogen and oxygen atoms in total. The molecule has 0 heterocycles. The number of hydrogen-bond acceptors (Lipinski definition) is 2. The van der Waals surface area contributed by atoms with Gasteiger partial charge in [-0.1, -0.05) is 13.0 Å². The maximum Gasteiger partial charge on any atom is 0.0323 e. The van der Waals surface area contributed by atoms with Crippen molar-refractivity contribution in [3.8, 4) is 0 Å². The van der Waals surface area contributed by atoms with Crippen LogP contribution in [-0.4, -0.2) is 30.6 Å². The molecule has 2 heteroatoms. The lowest BCUT2D eigenvalue weighted by atomic mass is 9.85. The summed E-state index contributed by atoms with van der Waals surface area (Å²) < 4.78 is 0. The molecule has 0 aliphatic rings. The fourth-order valence-corrected chi connectivity index (χ4v) is 1.70. The summed E-state index contributed by atoms with van der Waals surface area (Å²) in [5, 5.41) is 0. The summed E-state index contributed by atoms with van der Waals surface area (Å²) in [5.74, 6) is 0. The van der Waals surface area contributed by atoms with E-state index in [0.29, 0.717) is 0 Å². The summed E-state index contributed by atoms with van der Waals surface area (Å²) in [6, 6.07) is 0.252. The third-order valence-corrected chi connectivity index (χ3v) is 3.46. The highest BCUT2D eigenvalue weighted by Gasteiger charge is 2.31. The molecular formula is C12H26N2. The van der Waals surface area contributed by atoms with Crippen molar-refractivity contribution in [3.63, 3.8) is 0 Å². The Balaban J connectivity index is 4.16. The topological polar surface area (TPSA) is 29.3 Å². The van der Waals surface area contributed by atoms with Crippen LogP contribution in [0.15, 0.2) is 12.7 Å². The van der Waals surface area contributed by atoms with Crippen molar-refractivity contribution in [2.24, 2.45) is 5.73 Å². The van der Waals surface area contributed by atoms with Gasteiger partial charge in [-0.3, -0.25) is 0 Å². The monoisotopic (exact) mass is 198 g/mol. The predicted octanol–water partition coefficient (Wildman–Crippen LogP) is 2.40. The summed E-state index contributed by atoms with van der Waals surface area (Å²) in [6.45, 7) is 8.17. The van der Waals surface area contributed by atoms with Crippen LogP contribution in [0.5, 0.6) is 0 Å². The Labute approximate surface area is 89.2 Å². The molecule has 0 bridgehead atoms. The van der Waals surface area contributed by atoms with Gasteiger partial charge >= 0.3 is 0 Å². The summed E-state index contributed by atoms with van der Waals surface area (Å²) >= 11 is 0. The number of hydrogen-bond donors (Lipinski definition) is 1. The van der Waals surface area contributed by atoms with Crippen LogP contribution >= 0.6 is 0 Å². The molecule has 0 saturated heterocycles. The standard InChI is InChI=1S/C12H26N2/c1-6-8-9-10-11(13)12(3,7-2)14(4)5/h6,11H,1,7-10,13H2,2-5H3. The van der Waals surface area contributed by atoms with Crippen LogP contribution in [0.3, 0.4) is 0 Å². The molecule has 0 fully saturated rings. The molecule has 0 rings (SSSR count). The van der Waals surface area contributed by atoms with E-state index < -0.39 is 0 Å². The Hall–Kier alpha value is -0.340. The van der Waals surface area contributed by atoms with E-state index in [1.54, 1.807) is 0 Å². The summed E-state index contributed by atoms with van der Waals surface area (Å²) in [4.78, 5) is 2.24. The molecule has 0 aliphatic carbocycles. The van der Waals surface area contributed by atoms with E-state index in [9.17, 15) is 0 Å². The van der Waals surface area contributed by atoms with Gasteiger partial charge in [-0.05, 0) is 46.7 Å². The maximum atomic E-state index is 6.23. The molecular weight excluding hydrogens is 172 g/mol. The van der Waals surface area contributed by atoms with Gasteiger partial charge in [0.05, 0.1) is 0 Å². The molecule has 0 spiro atoms. The van der Waals surface area contributed by atoms with E-state index >= 15 is 0 Å². The van der Waals surface area contributed by atoms with Crippen molar-refractivity contribution < 1.29 is 0 Å². The van der Waals surface area contributed by atoms with Gasteiger partial charge in [0.1, 0.15) is 0 Å². The summed E-state index contributed by atoms with van der Waals surface area (Å²) in [5.41, 5.74) is 6.35. The first kappa shape index (κ1) is 13.7. The largest absolute Gasteiger partial charge is 0.326 e. The highest BCUT2D eigenvalue weighted by atomic mass is 15.2. The fourth-order valence-electron chi connectivity index (χ4n) is 1.70. The minimum atomic E-state index is 0.126. The normalized spacial score (nSPS) is 17.9. The molecule has 0 aromatic heterocycles. The second-order valence-corrected chi connectivity index (χ2v) is 4.43. The molecule has 84 valence electrons. The van der Waals surface area contributed by atoms with Gasteiger partial charge < -0.3 is 10.6 Å². The van der Waals surface area contributed by atoms with Crippen LogP contribution in [-0.2, 0) is 0 Å². The van der Waals surface area contributed by atoms with Gasteiger partial charge in [0.2, 0.25) is 0 Å². The van der Waals surface area contributed by atoms with E-state index in [2.05, 4.69) is 39.4 Å². The third-order valence-electron chi connectivity index (χ3n) is 3.46. The molecule has 0 saturated carbocycles. The van der Waals surface area contributed by atoms with E-state index in [-0.39, 0.29) is 11.6 Å². The first-order valence-corrected chi connectivity index (χ1v) is 5.53. The Bertz CT molecular complexity index is 166. The molecule has 14 heavy (non-hydrogen) atoms. The minimum absolute atomic E-state index is 0.126. The van der Waals surface area contributed by atoms with Crippen molar-refractivity contribution in [1.82, 2.24) is 4.90 Å². The number of nitrogens with zero attached hydrogens (tertiary/aromatic N) is 1. The molecule has 0 aliphatic heterocycles. The Morgan fingerprint density at radius 1 is 1.50 bits per heavy atom. The van der Waals surface area contributed by atoms with Gasteiger partial charge in [0, 0.05) is 11.6 Å². The third kappa shape index (κ3) is 3.43. The molecule has 0 aromatic carbocycles. The average molecular weight is 198 g/mol. The Kier molecular flexibility index (Phi) is 6.05. The Morgan fingerprint density at radius 2 is 2.07 bits per heavy atom. The van der Waals surface area contributed by atoms with E-state index in [0.717, 1.165) is 25.7 Å². The second-order valence-electron chi connectivity index (χ2n) is 4.43. The molecule has 0 amide bonds. The van der Waals surface area contributed by atoms with Crippen LogP contribution in [0.4, 0.5) is 0 Å². The van der Waals surface area contributed by atoms with E-state index in [1.807, 2.05) is 6.08 Å². The number of nitrogens with two attached hydrogens (primary N) is 1. The average Bonchev–Trinajstić information content (AvgIpc) is 2.16. The first-order chi connectivity index (χ1) is 6.49. The molecule has 0 aromatic rings. The van der Waals surface area contributed by atoms with E-state index in [1.165, 1.54) is 0 Å². The zero-order chi connectivity index (χ0) is 11.2. The van der Waals surface area contributed by atoms with Gasteiger partial charge in [-0.25, -0.2) is 0 Å². The maximum absolute atomic E-state index is 6.23. The van der Waals surface area contributed by atoms with Crippen molar-refractivity contribution in [1.29, 1.82) is 0 Å². The van der Waals surface area contributed by atoms with Gasteiger partial charge in [-0.2, -0.15) is 0 Å². The lowest BCUT2D eigenvalue weighted by molar-refractivity contribution is 0.126. The highest BCUT2D eigenvalue weighted by molar-refractivity contribution is 4.92. The Morgan fingerprint density at radius 3 is 2.43 bits per heavy atom. The van der Waals surface area contributed by atoms with Crippen LogP contribution in [0, 0.1) is 0 Å².